The van der Waals surface area contributed by atoms with Crippen LogP contribution in [0.25, 0.3) is 5.69 Å². The minimum atomic E-state index is 0.134. The number of hydrogen-bond acceptors (Lipinski definition) is 2. The van der Waals surface area contributed by atoms with Gasteiger partial charge in [0.05, 0.1) is 11.4 Å². The number of aryl methyl sites for hydroxylation is 2. The normalized spacial score (nSPS) is 15.7. The molecule has 1 aliphatic rings. The molecule has 116 valence electrons. The lowest BCUT2D eigenvalue weighted by molar-refractivity contribution is -0.120. The standard InChI is InChI=1S/C18H23N3O/c1-13-8-6-7-11-16(13)21-17(12-14(2)20-21)19-18(22)15-9-4-3-5-10-15/h6-8,11-12,15H,3-5,9-10H2,1-2H3,(H,19,22). The summed E-state index contributed by atoms with van der Waals surface area (Å²) in [5, 5.41) is 7.63. The summed E-state index contributed by atoms with van der Waals surface area (Å²) in [5.74, 6) is 1.05. The average molecular weight is 297 g/mol. The van der Waals surface area contributed by atoms with Crippen molar-refractivity contribution in [3.05, 3.63) is 41.6 Å². The van der Waals surface area contributed by atoms with Crippen LogP contribution in [-0.4, -0.2) is 15.7 Å². The van der Waals surface area contributed by atoms with Crippen molar-refractivity contribution in [3.63, 3.8) is 0 Å². The maximum absolute atomic E-state index is 12.5. The maximum Gasteiger partial charge on any atom is 0.228 e. The van der Waals surface area contributed by atoms with E-state index in [0.717, 1.165) is 48.4 Å². The molecule has 0 unspecified atom stereocenters. The minimum absolute atomic E-state index is 0.134. The van der Waals surface area contributed by atoms with E-state index in [-0.39, 0.29) is 11.8 Å². The van der Waals surface area contributed by atoms with Crippen molar-refractivity contribution in [1.29, 1.82) is 0 Å². The van der Waals surface area contributed by atoms with Gasteiger partial charge >= 0.3 is 0 Å². The quantitative estimate of drug-likeness (QED) is 0.930. The molecule has 4 nitrogen and oxygen atoms in total. The van der Waals surface area contributed by atoms with Crippen molar-refractivity contribution in [2.75, 3.05) is 5.32 Å². The summed E-state index contributed by atoms with van der Waals surface area (Å²) in [6.07, 6.45) is 5.58. The fourth-order valence-corrected chi connectivity index (χ4v) is 3.17. The Morgan fingerprint density at radius 3 is 2.64 bits per heavy atom. The third-order valence-electron chi connectivity index (χ3n) is 4.40. The number of anilines is 1. The van der Waals surface area contributed by atoms with Gasteiger partial charge in [0.1, 0.15) is 5.82 Å². The maximum atomic E-state index is 12.5. The Hall–Kier alpha value is -2.10. The van der Waals surface area contributed by atoms with Crippen LogP contribution in [0.4, 0.5) is 5.82 Å². The highest BCUT2D eigenvalue weighted by molar-refractivity contribution is 5.92. The van der Waals surface area contributed by atoms with Gasteiger partial charge in [-0.1, -0.05) is 37.5 Å². The number of nitrogens with zero attached hydrogens (tertiary/aromatic N) is 2. The number of amides is 1. The van der Waals surface area contributed by atoms with E-state index in [4.69, 9.17) is 0 Å². The van der Waals surface area contributed by atoms with Gasteiger partial charge < -0.3 is 5.32 Å². The van der Waals surface area contributed by atoms with Crippen LogP contribution in [0.5, 0.6) is 0 Å². The Bertz CT molecular complexity index is 669. The number of carbonyl (C=O) groups excluding carboxylic acids is 1. The molecule has 0 spiro atoms. The summed E-state index contributed by atoms with van der Waals surface area (Å²) in [7, 11) is 0. The third kappa shape index (κ3) is 3.06. The second-order valence-electron chi connectivity index (χ2n) is 6.19. The highest BCUT2D eigenvalue weighted by Crippen LogP contribution is 2.26. The molecular formula is C18H23N3O. The highest BCUT2D eigenvalue weighted by atomic mass is 16.2. The number of aromatic nitrogens is 2. The first-order valence-corrected chi connectivity index (χ1v) is 8.08. The molecular weight excluding hydrogens is 274 g/mol. The molecule has 1 saturated carbocycles. The molecule has 3 rings (SSSR count). The Kier molecular flexibility index (Phi) is 4.27. The molecule has 1 fully saturated rings. The van der Waals surface area contributed by atoms with Gasteiger partial charge in [0.25, 0.3) is 0 Å². The zero-order chi connectivity index (χ0) is 15.5. The summed E-state index contributed by atoms with van der Waals surface area (Å²) in [4.78, 5) is 12.5. The van der Waals surface area contributed by atoms with Crippen molar-refractivity contribution in [3.8, 4) is 5.69 Å². The number of carbonyl (C=O) groups is 1. The molecule has 1 aromatic heterocycles. The van der Waals surface area contributed by atoms with Crippen LogP contribution in [0, 0.1) is 19.8 Å². The molecule has 0 saturated heterocycles. The molecule has 0 radical (unpaired) electrons. The van der Waals surface area contributed by atoms with Gasteiger partial charge in [0, 0.05) is 12.0 Å². The monoisotopic (exact) mass is 297 g/mol. The number of nitrogens with one attached hydrogen (secondary N) is 1. The van der Waals surface area contributed by atoms with Crippen LogP contribution < -0.4 is 5.32 Å². The van der Waals surface area contributed by atoms with E-state index in [0.29, 0.717) is 0 Å². The number of rotatable bonds is 3. The summed E-state index contributed by atoms with van der Waals surface area (Å²) < 4.78 is 1.84. The molecule has 2 aromatic rings. The second kappa shape index (κ2) is 6.34. The lowest BCUT2D eigenvalue weighted by Crippen LogP contribution is -2.25. The molecule has 1 aliphatic carbocycles. The van der Waals surface area contributed by atoms with Crippen LogP contribution >= 0.6 is 0 Å². The van der Waals surface area contributed by atoms with Crippen molar-refractivity contribution in [2.45, 2.75) is 46.0 Å². The zero-order valence-electron chi connectivity index (χ0n) is 13.3. The van der Waals surface area contributed by atoms with Gasteiger partial charge in [-0.3, -0.25) is 4.79 Å². The van der Waals surface area contributed by atoms with Crippen LogP contribution in [0.2, 0.25) is 0 Å². The Morgan fingerprint density at radius 1 is 1.18 bits per heavy atom. The van der Waals surface area contributed by atoms with Gasteiger partial charge in [0.15, 0.2) is 0 Å². The largest absolute Gasteiger partial charge is 0.310 e. The molecule has 1 heterocycles. The van der Waals surface area contributed by atoms with E-state index in [2.05, 4.69) is 23.4 Å². The summed E-state index contributed by atoms with van der Waals surface area (Å²) >= 11 is 0. The molecule has 0 atom stereocenters. The van der Waals surface area contributed by atoms with Gasteiger partial charge in [-0.15, -0.1) is 0 Å². The minimum Gasteiger partial charge on any atom is -0.310 e. The van der Waals surface area contributed by atoms with Crippen LogP contribution in [-0.2, 0) is 4.79 Å². The molecule has 22 heavy (non-hydrogen) atoms. The lowest BCUT2D eigenvalue weighted by atomic mass is 9.89. The number of hydrogen-bond donors (Lipinski definition) is 1. The van der Waals surface area contributed by atoms with Crippen LogP contribution in [0.15, 0.2) is 30.3 Å². The predicted molar refractivity (Wildman–Crippen MR) is 88.2 cm³/mol. The van der Waals surface area contributed by atoms with Gasteiger partial charge in [-0.2, -0.15) is 5.10 Å². The highest BCUT2D eigenvalue weighted by Gasteiger charge is 2.22. The van der Waals surface area contributed by atoms with Crippen LogP contribution in [0.3, 0.4) is 0 Å². The predicted octanol–water partition coefficient (Wildman–Crippen LogP) is 4.01. The Morgan fingerprint density at radius 2 is 1.91 bits per heavy atom. The van der Waals surface area contributed by atoms with E-state index in [1.54, 1.807) is 0 Å². The fourth-order valence-electron chi connectivity index (χ4n) is 3.17. The lowest BCUT2D eigenvalue weighted by Gasteiger charge is -2.21. The summed E-state index contributed by atoms with van der Waals surface area (Å²) in [5.41, 5.74) is 3.05. The smallest absolute Gasteiger partial charge is 0.228 e. The first-order valence-electron chi connectivity index (χ1n) is 8.08. The molecule has 1 N–H and O–H groups in total. The number of benzene rings is 1. The number of para-hydroxylation sites is 1. The van der Waals surface area contributed by atoms with Crippen molar-refractivity contribution in [2.24, 2.45) is 5.92 Å². The van der Waals surface area contributed by atoms with Crippen LogP contribution in [0.1, 0.15) is 43.4 Å². The molecule has 0 aliphatic heterocycles. The van der Waals surface area contributed by atoms with E-state index >= 15 is 0 Å². The van der Waals surface area contributed by atoms with Crippen molar-refractivity contribution < 1.29 is 4.79 Å². The second-order valence-corrected chi connectivity index (χ2v) is 6.19. The average Bonchev–Trinajstić information content (AvgIpc) is 2.89. The van der Waals surface area contributed by atoms with Crippen molar-refractivity contribution in [1.82, 2.24) is 9.78 Å². The zero-order valence-corrected chi connectivity index (χ0v) is 13.3. The fraction of sp³-hybridized carbons (Fsp3) is 0.444. The van der Waals surface area contributed by atoms with Gasteiger partial charge in [-0.05, 0) is 38.3 Å². The van der Waals surface area contributed by atoms with E-state index in [9.17, 15) is 4.79 Å². The molecule has 0 bridgehead atoms. The summed E-state index contributed by atoms with van der Waals surface area (Å²) in [6, 6.07) is 10.0. The van der Waals surface area contributed by atoms with E-state index in [1.807, 2.05) is 35.9 Å². The molecule has 1 aromatic carbocycles. The molecule has 1 amide bonds. The first kappa shape index (κ1) is 14.8. The van der Waals surface area contributed by atoms with Crippen molar-refractivity contribution >= 4 is 11.7 Å². The van der Waals surface area contributed by atoms with E-state index in [1.165, 1.54) is 6.42 Å². The third-order valence-corrected chi connectivity index (χ3v) is 4.40. The van der Waals surface area contributed by atoms with E-state index < -0.39 is 0 Å². The van der Waals surface area contributed by atoms with Gasteiger partial charge in [-0.25, -0.2) is 4.68 Å². The Labute approximate surface area is 131 Å². The topological polar surface area (TPSA) is 46.9 Å². The Balaban J connectivity index is 1.85. The summed E-state index contributed by atoms with van der Waals surface area (Å²) in [6.45, 7) is 4.00. The molecule has 4 heteroatoms. The van der Waals surface area contributed by atoms with Gasteiger partial charge in [0.2, 0.25) is 5.91 Å². The first-order chi connectivity index (χ1) is 10.6. The SMILES string of the molecule is Cc1cc(NC(=O)C2CCCCC2)n(-c2ccccc2C)n1.